The zero-order chi connectivity index (χ0) is 10.6. The van der Waals surface area contributed by atoms with Gasteiger partial charge in [0.05, 0.1) is 0 Å². The highest BCUT2D eigenvalue weighted by Gasteiger charge is 2.18. The second-order valence-corrected chi connectivity index (χ2v) is 4.07. The maximum Gasteiger partial charge on any atom is 0.130 e. The minimum absolute atomic E-state index is 0.684. The Kier molecular flexibility index (Phi) is 3.64. The first-order chi connectivity index (χ1) is 6.54. The van der Waals surface area contributed by atoms with Crippen molar-refractivity contribution in [2.45, 2.75) is 32.4 Å². The number of halogens is 1. The molecule has 2 N–H and O–H groups in total. The van der Waals surface area contributed by atoms with Crippen molar-refractivity contribution >= 4 is 0 Å². The third-order valence-electron chi connectivity index (χ3n) is 2.28. The minimum Gasteiger partial charge on any atom is -0.330 e. The van der Waals surface area contributed by atoms with E-state index >= 15 is 0 Å². The number of aryl methyl sites for hydroxylation is 1. The number of benzene rings is 1. The van der Waals surface area contributed by atoms with Crippen LogP contribution in [0.25, 0.3) is 0 Å². The number of rotatable bonds is 4. The summed E-state index contributed by atoms with van der Waals surface area (Å²) in [6.07, 6.45) is 1.89. The maximum absolute atomic E-state index is 13.6. The Labute approximate surface area is 85.1 Å². The number of hydrogen-bond donors (Lipinski definition) is 1. The van der Waals surface area contributed by atoms with Crippen LogP contribution < -0.4 is 5.73 Å². The van der Waals surface area contributed by atoms with Gasteiger partial charge >= 0.3 is 0 Å². The molecule has 0 saturated carbocycles. The molecular formula is C12H18FN. The molecule has 0 saturated heterocycles. The summed E-state index contributed by atoms with van der Waals surface area (Å²) in [5.74, 6) is 0. The van der Waals surface area contributed by atoms with Gasteiger partial charge in [0.25, 0.3) is 0 Å². The molecular weight excluding hydrogens is 177 g/mol. The molecule has 0 aliphatic rings. The van der Waals surface area contributed by atoms with Crippen molar-refractivity contribution in [3.63, 3.8) is 0 Å². The molecule has 2 heteroatoms. The van der Waals surface area contributed by atoms with E-state index in [-0.39, 0.29) is 0 Å². The predicted octanol–water partition coefficient (Wildman–Crippen LogP) is 2.78. The maximum atomic E-state index is 13.6. The topological polar surface area (TPSA) is 26.0 Å². The van der Waals surface area contributed by atoms with Crippen LogP contribution in [0.2, 0.25) is 0 Å². The fourth-order valence-corrected chi connectivity index (χ4v) is 1.40. The van der Waals surface area contributed by atoms with Crippen LogP contribution in [0.1, 0.15) is 31.4 Å². The quantitative estimate of drug-likeness (QED) is 0.785. The van der Waals surface area contributed by atoms with Crippen LogP contribution in [-0.4, -0.2) is 6.54 Å². The van der Waals surface area contributed by atoms with Crippen molar-refractivity contribution in [2.24, 2.45) is 5.73 Å². The van der Waals surface area contributed by atoms with E-state index in [1.165, 1.54) is 5.56 Å². The van der Waals surface area contributed by atoms with E-state index in [2.05, 4.69) is 0 Å². The van der Waals surface area contributed by atoms with Crippen molar-refractivity contribution in [2.75, 3.05) is 6.54 Å². The number of alkyl halides is 1. The lowest BCUT2D eigenvalue weighted by atomic mass is 9.97. The van der Waals surface area contributed by atoms with E-state index < -0.39 is 5.67 Å². The fourth-order valence-electron chi connectivity index (χ4n) is 1.40. The normalized spacial score (nSPS) is 11.7. The molecule has 0 aromatic heterocycles. The Morgan fingerprint density at radius 2 is 2.07 bits per heavy atom. The van der Waals surface area contributed by atoms with Gasteiger partial charge in [0, 0.05) is 0 Å². The van der Waals surface area contributed by atoms with E-state index in [9.17, 15) is 4.39 Å². The van der Waals surface area contributed by atoms with Crippen molar-refractivity contribution in [3.8, 4) is 0 Å². The van der Waals surface area contributed by atoms with Gasteiger partial charge < -0.3 is 5.73 Å². The van der Waals surface area contributed by atoms with Gasteiger partial charge in [0.1, 0.15) is 5.67 Å². The van der Waals surface area contributed by atoms with Gasteiger partial charge in [-0.05, 0) is 44.4 Å². The molecule has 14 heavy (non-hydrogen) atoms. The summed E-state index contributed by atoms with van der Waals surface area (Å²) < 4.78 is 13.6. The molecule has 78 valence electrons. The highest BCUT2D eigenvalue weighted by Crippen LogP contribution is 2.25. The first-order valence-electron chi connectivity index (χ1n) is 5.02. The van der Waals surface area contributed by atoms with Crippen LogP contribution in [0.3, 0.4) is 0 Å². The molecule has 0 aliphatic heterocycles. The van der Waals surface area contributed by atoms with Gasteiger partial charge in [-0.15, -0.1) is 0 Å². The molecule has 1 aromatic carbocycles. The van der Waals surface area contributed by atoms with Gasteiger partial charge in [-0.2, -0.15) is 0 Å². The minimum atomic E-state index is -1.25. The first kappa shape index (κ1) is 11.2. The van der Waals surface area contributed by atoms with Crippen LogP contribution in [0, 0.1) is 0 Å². The van der Waals surface area contributed by atoms with Crippen LogP contribution in [0.5, 0.6) is 0 Å². The summed E-state index contributed by atoms with van der Waals surface area (Å²) in [6, 6.07) is 7.68. The molecule has 0 unspecified atom stereocenters. The van der Waals surface area contributed by atoms with E-state index in [4.69, 9.17) is 5.73 Å². The SMILES string of the molecule is CC(C)(F)c1cccc(CCCN)c1. The molecule has 0 radical (unpaired) electrons. The lowest BCUT2D eigenvalue weighted by molar-refractivity contribution is 0.221. The molecule has 1 rings (SSSR count). The lowest BCUT2D eigenvalue weighted by Gasteiger charge is -2.15. The van der Waals surface area contributed by atoms with E-state index in [0.29, 0.717) is 6.54 Å². The van der Waals surface area contributed by atoms with E-state index in [0.717, 1.165) is 18.4 Å². The number of nitrogens with two attached hydrogens (primary N) is 1. The molecule has 1 nitrogen and oxygen atoms in total. The summed E-state index contributed by atoms with van der Waals surface area (Å²) in [7, 11) is 0. The van der Waals surface area contributed by atoms with Crippen LogP contribution in [0.15, 0.2) is 24.3 Å². The van der Waals surface area contributed by atoms with Gasteiger partial charge in [-0.3, -0.25) is 0 Å². The third kappa shape index (κ3) is 3.11. The fraction of sp³-hybridized carbons (Fsp3) is 0.500. The van der Waals surface area contributed by atoms with Gasteiger partial charge in [-0.1, -0.05) is 24.3 Å². The molecule has 0 heterocycles. The van der Waals surface area contributed by atoms with Crippen molar-refractivity contribution in [1.82, 2.24) is 0 Å². The average molecular weight is 195 g/mol. The summed E-state index contributed by atoms with van der Waals surface area (Å²) in [6.45, 7) is 3.84. The Morgan fingerprint density at radius 3 is 2.64 bits per heavy atom. The summed E-state index contributed by atoms with van der Waals surface area (Å²) in [5.41, 5.74) is 6.08. The second-order valence-electron chi connectivity index (χ2n) is 4.07. The zero-order valence-corrected chi connectivity index (χ0v) is 8.89. The van der Waals surface area contributed by atoms with E-state index in [1.54, 1.807) is 13.8 Å². The molecule has 1 aromatic rings. The third-order valence-corrected chi connectivity index (χ3v) is 2.28. The van der Waals surface area contributed by atoms with Crippen LogP contribution >= 0.6 is 0 Å². The average Bonchev–Trinajstić information content (AvgIpc) is 2.14. The molecule has 0 fully saturated rings. The Hall–Kier alpha value is -0.890. The predicted molar refractivity (Wildman–Crippen MR) is 58.0 cm³/mol. The van der Waals surface area contributed by atoms with Crippen LogP contribution in [-0.2, 0) is 12.1 Å². The van der Waals surface area contributed by atoms with Crippen LogP contribution in [0.4, 0.5) is 4.39 Å². The standard InChI is InChI=1S/C12H18FN/c1-12(2,13)11-7-3-5-10(9-11)6-4-8-14/h3,5,7,9H,4,6,8,14H2,1-2H3. The first-order valence-corrected chi connectivity index (χ1v) is 5.02. The molecule has 0 atom stereocenters. The van der Waals surface area contributed by atoms with Gasteiger partial charge in [0.15, 0.2) is 0 Å². The highest BCUT2D eigenvalue weighted by molar-refractivity contribution is 5.27. The Balaban J connectivity index is 2.79. The lowest BCUT2D eigenvalue weighted by Crippen LogP contribution is -2.09. The molecule has 0 amide bonds. The Morgan fingerprint density at radius 1 is 1.36 bits per heavy atom. The Bertz CT molecular complexity index is 289. The van der Waals surface area contributed by atoms with E-state index in [1.807, 2.05) is 24.3 Å². The van der Waals surface area contributed by atoms with Gasteiger partial charge in [-0.25, -0.2) is 4.39 Å². The molecule has 0 aliphatic carbocycles. The monoisotopic (exact) mass is 195 g/mol. The van der Waals surface area contributed by atoms with Crippen molar-refractivity contribution in [3.05, 3.63) is 35.4 Å². The second kappa shape index (κ2) is 4.56. The van der Waals surface area contributed by atoms with Crippen molar-refractivity contribution in [1.29, 1.82) is 0 Å². The largest absolute Gasteiger partial charge is 0.330 e. The number of hydrogen-bond acceptors (Lipinski definition) is 1. The summed E-state index contributed by atoms with van der Waals surface area (Å²) >= 11 is 0. The summed E-state index contributed by atoms with van der Waals surface area (Å²) in [5, 5.41) is 0. The highest BCUT2D eigenvalue weighted by atomic mass is 19.1. The summed E-state index contributed by atoms with van der Waals surface area (Å²) in [4.78, 5) is 0. The zero-order valence-electron chi connectivity index (χ0n) is 8.89. The van der Waals surface area contributed by atoms with Crippen molar-refractivity contribution < 1.29 is 4.39 Å². The van der Waals surface area contributed by atoms with Gasteiger partial charge in [0.2, 0.25) is 0 Å². The molecule has 0 spiro atoms. The molecule has 0 bridgehead atoms. The smallest absolute Gasteiger partial charge is 0.130 e.